The number of benzene rings is 1. The minimum atomic E-state index is 0.703. The Morgan fingerprint density at radius 3 is 3.16 bits per heavy atom. The van der Waals surface area contributed by atoms with Gasteiger partial charge >= 0.3 is 0 Å². The van der Waals surface area contributed by atoms with Crippen LogP contribution in [-0.2, 0) is 13.0 Å². The van der Waals surface area contributed by atoms with Crippen LogP contribution in [0.3, 0.4) is 0 Å². The molecule has 1 heterocycles. The molecule has 1 fully saturated rings. The van der Waals surface area contributed by atoms with E-state index < -0.39 is 0 Å². The first-order valence-electron chi connectivity index (χ1n) is 7.49. The SMILES string of the molecule is CSC1CCCC1NCc1cccc2c1NCCC2. The quantitative estimate of drug-likeness (QED) is 0.881. The van der Waals surface area contributed by atoms with E-state index >= 15 is 0 Å². The van der Waals surface area contributed by atoms with Crippen molar-refractivity contribution in [1.82, 2.24) is 5.32 Å². The Labute approximate surface area is 120 Å². The predicted molar refractivity (Wildman–Crippen MR) is 85.0 cm³/mol. The van der Waals surface area contributed by atoms with E-state index in [1.165, 1.54) is 48.9 Å². The summed E-state index contributed by atoms with van der Waals surface area (Å²) in [5, 5.41) is 8.19. The lowest BCUT2D eigenvalue weighted by Crippen LogP contribution is -2.33. The highest BCUT2D eigenvalue weighted by atomic mass is 32.2. The fourth-order valence-corrected chi connectivity index (χ4v) is 4.37. The highest BCUT2D eigenvalue weighted by Crippen LogP contribution is 2.30. The summed E-state index contributed by atoms with van der Waals surface area (Å²) in [7, 11) is 0. The molecule has 1 aliphatic carbocycles. The van der Waals surface area contributed by atoms with Crippen molar-refractivity contribution in [1.29, 1.82) is 0 Å². The van der Waals surface area contributed by atoms with Gasteiger partial charge in [0, 0.05) is 30.1 Å². The van der Waals surface area contributed by atoms with E-state index in [1.807, 2.05) is 11.8 Å². The molecule has 0 radical (unpaired) electrons. The van der Waals surface area contributed by atoms with Crippen LogP contribution in [0.15, 0.2) is 18.2 Å². The minimum absolute atomic E-state index is 0.703. The lowest BCUT2D eigenvalue weighted by Gasteiger charge is -2.24. The van der Waals surface area contributed by atoms with Gasteiger partial charge in [0.1, 0.15) is 0 Å². The Balaban J connectivity index is 1.67. The van der Waals surface area contributed by atoms with Crippen LogP contribution in [0.4, 0.5) is 5.69 Å². The van der Waals surface area contributed by atoms with E-state index in [9.17, 15) is 0 Å². The van der Waals surface area contributed by atoms with Crippen molar-refractivity contribution in [3.05, 3.63) is 29.3 Å². The molecule has 0 spiro atoms. The van der Waals surface area contributed by atoms with Gasteiger partial charge in [-0.1, -0.05) is 24.6 Å². The summed E-state index contributed by atoms with van der Waals surface area (Å²) >= 11 is 2.03. The van der Waals surface area contributed by atoms with Crippen molar-refractivity contribution in [3.8, 4) is 0 Å². The van der Waals surface area contributed by atoms with Crippen LogP contribution in [0.1, 0.15) is 36.8 Å². The molecule has 3 heteroatoms. The number of anilines is 1. The number of hydrogen-bond acceptors (Lipinski definition) is 3. The first kappa shape index (κ1) is 13.3. The van der Waals surface area contributed by atoms with E-state index in [1.54, 1.807) is 0 Å². The fraction of sp³-hybridized carbons (Fsp3) is 0.625. The zero-order valence-electron chi connectivity index (χ0n) is 11.7. The molecular formula is C16H24N2S. The van der Waals surface area contributed by atoms with Crippen molar-refractivity contribution in [2.45, 2.75) is 49.9 Å². The molecule has 0 saturated heterocycles. The maximum atomic E-state index is 3.79. The van der Waals surface area contributed by atoms with Crippen LogP contribution in [0.25, 0.3) is 0 Å². The zero-order valence-corrected chi connectivity index (χ0v) is 12.6. The average molecular weight is 276 g/mol. The molecule has 3 rings (SSSR count). The topological polar surface area (TPSA) is 24.1 Å². The third kappa shape index (κ3) is 2.92. The minimum Gasteiger partial charge on any atom is -0.385 e. The molecule has 2 unspecified atom stereocenters. The second-order valence-electron chi connectivity index (χ2n) is 5.67. The standard InChI is InChI=1S/C16H24N2S/c1-19-15-9-3-8-14(15)18-11-13-6-2-5-12-7-4-10-17-16(12)13/h2,5-6,14-15,17-18H,3-4,7-11H2,1H3. The molecule has 104 valence electrons. The van der Waals surface area contributed by atoms with Crippen LogP contribution in [0.2, 0.25) is 0 Å². The van der Waals surface area contributed by atoms with Gasteiger partial charge in [0.15, 0.2) is 0 Å². The van der Waals surface area contributed by atoms with Gasteiger partial charge in [-0.15, -0.1) is 0 Å². The summed E-state index contributed by atoms with van der Waals surface area (Å²) in [5.74, 6) is 0. The Bertz CT molecular complexity index is 433. The highest BCUT2D eigenvalue weighted by molar-refractivity contribution is 7.99. The van der Waals surface area contributed by atoms with Gasteiger partial charge in [0.25, 0.3) is 0 Å². The molecule has 2 atom stereocenters. The van der Waals surface area contributed by atoms with Gasteiger partial charge in [0.2, 0.25) is 0 Å². The number of hydrogen-bond donors (Lipinski definition) is 2. The third-order valence-electron chi connectivity index (χ3n) is 4.47. The summed E-state index contributed by atoms with van der Waals surface area (Å²) in [6.45, 7) is 2.14. The van der Waals surface area contributed by atoms with Crippen LogP contribution in [0, 0.1) is 0 Å². The normalized spacial score (nSPS) is 25.9. The van der Waals surface area contributed by atoms with Crippen LogP contribution in [-0.4, -0.2) is 24.1 Å². The van der Waals surface area contributed by atoms with Gasteiger partial charge < -0.3 is 10.6 Å². The number of para-hydroxylation sites is 1. The Morgan fingerprint density at radius 1 is 1.32 bits per heavy atom. The fourth-order valence-electron chi connectivity index (χ4n) is 3.41. The predicted octanol–water partition coefficient (Wildman–Crippen LogP) is 3.42. The van der Waals surface area contributed by atoms with Crippen LogP contribution >= 0.6 is 11.8 Å². The Morgan fingerprint density at radius 2 is 2.26 bits per heavy atom. The number of rotatable bonds is 4. The molecular weight excluding hydrogens is 252 g/mol. The summed E-state index contributed by atoms with van der Waals surface area (Å²) in [6.07, 6.45) is 8.84. The van der Waals surface area contributed by atoms with E-state index in [4.69, 9.17) is 0 Å². The Hall–Kier alpha value is -0.670. The molecule has 2 N–H and O–H groups in total. The molecule has 0 bridgehead atoms. The van der Waals surface area contributed by atoms with E-state index in [-0.39, 0.29) is 0 Å². The molecule has 2 aliphatic rings. The molecule has 1 aromatic carbocycles. The molecule has 1 saturated carbocycles. The van der Waals surface area contributed by atoms with Crippen molar-refractivity contribution >= 4 is 17.4 Å². The van der Waals surface area contributed by atoms with Crippen molar-refractivity contribution in [3.63, 3.8) is 0 Å². The second kappa shape index (κ2) is 6.19. The first-order valence-corrected chi connectivity index (χ1v) is 8.78. The van der Waals surface area contributed by atoms with Crippen molar-refractivity contribution < 1.29 is 0 Å². The third-order valence-corrected chi connectivity index (χ3v) is 5.64. The summed E-state index contributed by atoms with van der Waals surface area (Å²) < 4.78 is 0. The largest absolute Gasteiger partial charge is 0.385 e. The van der Waals surface area contributed by atoms with Gasteiger partial charge in [-0.3, -0.25) is 0 Å². The lowest BCUT2D eigenvalue weighted by molar-refractivity contribution is 0.532. The maximum Gasteiger partial charge on any atom is 0.0418 e. The maximum absolute atomic E-state index is 3.79. The second-order valence-corrected chi connectivity index (χ2v) is 6.75. The van der Waals surface area contributed by atoms with Gasteiger partial charge in [-0.05, 0) is 43.1 Å². The zero-order chi connectivity index (χ0) is 13.1. The summed E-state index contributed by atoms with van der Waals surface area (Å²) in [5.41, 5.74) is 4.35. The van der Waals surface area contributed by atoms with E-state index in [2.05, 4.69) is 35.1 Å². The van der Waals surface area contributed by atoms with Crippen LogP contribution in [0.5, 0.6) is 0 Å². The Kier molecular flexibility index (Phi) is 4.34. The molecule has 0 aromatic heterocycles. The monoisotopic (exact) mass is 276 g/mol. The molecule has 1 aromatic rings. The number of fused-ring (bicyclic) bond motifs is 1. The average Bonchev–Trinajstić information content (AvgIpc) is 2.92. The molecule has 2 nitrogen and oxygen atoms in total. The highest BCUT2D eigenvalue weighted by Gasteiger charge is 2.26. The van der Waals surface area contributed by atoms with Crippen LogP contribution < -0.4 is 10.6 Å². The number of aryl methyl sites for hydroxylation is 1. The smallest absolute Gasteiger partial charge is 0.0418 e. The van der Waals surface area contributed by atoms with E-state index in [0.717, 1.165) is 18.3 Å². The summed E-state index contributed by atoms with van der Waals surface area (Å²) in [6, 6.07) is 7.46. The van der Waals surface area contributed by atoms with Gasteiger partial charge in [0.05, 0.1) is 0 Å². The van der Waals surface area contributed by atoms with E-state index in [0.29, 0.717) is 6.04 Å². The van der Waals surface area contributed by atoms with Crippen molar-refractivity contribution in [2.24, 2.45) is 0 Å². The number of thioether (sulfide) groups is 1. The van der Waals surface area contributed by atoms with Crippen molar-refractivity contribution in [2.75, 3.05) is 18.1 Å². The number of nitrogens with one attached hydrogen (secondary N) is 2. The van der Waals surface area contributed by atoms with Gasteiger partial charge in [-0.25, -0.2) is 0 Å². The molecule has 19 heavy (non-hydrogen) atoms. The summed E-state index contributed by atoms with van der Waals surface area (Å²) in [4.78, 5) is 0. The first-order chi connectivity index (χ1) is 9.38. The lowest BCUT2D eigenvalue weighted by atomic mass is 9.99. The van der Waals surface area contributed by atoms with Gasteiger partial charge in [-0.2, -0.15) is 11.8 Å². The molecule has 0 amide bonds. The molecule has 1 aliphatic heterocycles.